The van der Waals surface area contributed by atoms with Crippen LogP contribution in [0.2, 0.25) is 0 Å². The summed E-state index contributed by atoms with van der Waals surface area (Å²) >= 11 is 0. The lowest BCUT2D eigenvalue weighted by Crippen LogP contribution is -1.96. The van der Waals surface area contributed by atoms with E-state index in [0.29, 0.717) is 6.61 Å². The van der Waals surface area contributed by atoms with Gasteiger partial charge in [-0.25, -0.2) is 0 Å². The molecule has 0 spiro atoms. The molecule has 0 atom stereocenters. The van der Waals surface area contributed by atoms with E-state index >= 15 is 0 Å². The van der Waals surface area contributed by atoms with Crippen molar-refractivity contribution in [3.05, 3.63) is 59.7 Å². The molecule has 0 saturated heterocycles. The molecule has 0 radical (unpaired) electrons. The first kappa shape index (κ1) is 10.2. The molecule has 0 aromatic heterocycles. The normalized spacial score (nSPS) is 12.9. The van der Waals surface area contributed by atoms with Crippen molar-refractivity contribution < 1.29 is 4.74 Å². The molecule has 1 aliphatic heterocycles. The zero-order valence-corrected chi connectivity index (χ0v) is 9.65. The van der Waals surface area contributed by atoms with Gasteiger partial charge in [-0.2, -0.15) is 0 Å². The Morgan fingerprint density at radius 3 is 2.82 bits per heavy atom. The Hall–Kier alpha value is -1.96. The van der Waals surface area contributed by atoms with Gasteiger partial charge in [-0.05, 0) is 35.7 Å². The first-order valence-electron chi connectivity index (χ1n) is 5.95. The van der Waals surface area contributed by atoms with Crippen molar-refractivity contribution in [2.45, 2.75) is 13.0 Å². The number of hydrogen-bond donors (Lipinski definition) is 1. The number of nitrogens with one attached hydrogen (secondary N) is 1. The molecule has 2 aromatic carbocycles. The number of anilines is 1. The molecular formula is C15H15NO. The summed E-state index contributed by atoms with van der Waals surface area (Å²) in [5, 5.41) is 3.36. The molecule has 2 nitrogen and oxygen atoms in total. The maximum Gasteiger partial charge on any atom is 0.119 e. The van der Waals surface area contributed by atoms with Crippen molar-refractivity contribution >= 4 is 5.69 Å². The highest BCUT2D eigenvalue weighted by Crippen LogP contribution is 2.23. The quantitative estimate of drug-likeness (QED) is 0.865. The van der Waals surface area contributed by atoms with Gasteiger partial charge in [-0.3, -0.25) is 0 Å². The average Bonchev–Trinajstić information content (AvgIpc) is 2.85. The number of fused-ring (bicyclic) bond motifs is 1. The second-order valence-electron chi connectivity index (χ2n) is 4.27. The van der Waals surface area contributed by atoms with Gasteiger partial charge in [0.15, 0.2) is 0 Å². The van der Waals surface area contributed by atoms with Crippen LogP contribution in [0.4, 0.5) is 5.69 Å². The van der Waals surface area contributed by atoms with E-state index < -0.39 is 0 Å². The Labute approximate surface area is 101 Å². The van der Waals surface area contributed by atoms with Gasteiger partial charge in [0.05, 0.1) is 0 Å². The molecule has 1 heterocycles. The van der Waals surface area contributed by atoms with Crippen LogP contribution in [0.1, 0.15) is 11.1 Å². The van der Waals surface area contributed by atoms with Crippen LogP contribution < -0.4 is 10.1 Å². The first-order valence-corrected chi connectivity index (χ1v) is 5.95. The van der Waals surface area contributed by atoms with Crippen molar-refractivity contribution in [2.24, 2.45) is 0 Å². The van der Waals surface area contributed by atoms with E-state index in [1.54, 1.807) is 0 Å². The van der Waals surface area contributed by atoms with Gasteiger partial charge in [0.2, 0.25) is 0 Å². The predicted molar refractivity (Wildman–Crippen MR) is 69.4 cm³/mol. The Kier molecular flexibility index (Phi) is 2.70. The fraction of sp³-hybridized carbons (Fsp3) is 0.200. The fourth-order valence-corrected chi connectivity index (χ4v) is 2.13. The summed E-state index contributed by atoms with van der Waals surface area (Å²) in [7, 11) is 0. The lowest BCUT2D eigenvalue weighted by Gasteiger charge is -2.07. The Bertz CT molecular complexity index is 508. The zero-order valence-electron chi connectivity index (χ0n) is 9.65. The smallest absolute Gasteiger partial charge is 0.119 e. The molecule has 1 aliphatic rings. The molecule has 0 amide bonds. The molecule has 0 saturated carbocycles. The van der Waals surface area contributed by atoms with Crippen LogP contribution in [-0.2, 0) is 13.0 Å². The Morgan fingerprint density at radius 1 is 1.06 bits per heavy atom. The van der Waals surface area contributed by atoms with Crippen LogP contribution in [0, 0.1) is 0 Å². The summed E-state index contributed by atoms with van der Waals surface area (Å²) in [6.07, 6.45) is 1.12. The van der Waals surface area contributed by atoms with Crippen LogP contribution >= 0.6 is 0 Å². The SMILES string of the molecule is c1ccc(OCc2ccc3c(c2)CCN3)cc1. The van der Waals surface area contributed by atoms with E-state index in [2.05, 4.69) is 23.5 Å². The predicted octanol–water partition coefficient (Wildman–Crippen LogP) is 3.23. The second kappa shape index (κ2) is 4.50. The molecule has 2 aromatic rings. The number of ether oxygens (including phenoxy) is 1. The van der Waals surface area contributed by atoms with Crippen LogP contribution in [0.15, 0.2) is 48.5 Å². The monoisotopic (exact) mass is 225 g/mol. The number of benzene rings is 2. The molecular weight excluding hydrogens is 210 g/mol. The number of para-hydroxylation sites is 1. The van der Waals surface area contributed by atoms with E-state index in [4.69, 9.17) is 4.74 Å². The maximum atomic E-state index is 5.73. The second-order valence-corrected chi connectivity index (χ2v) is 4.27. The van der Waals surface area contributed by atoms with Crippen molar-refractivity contribution in [3.8, 4) is 5.75 Å². The summed E-state index contributed by atoms with van der Waals surface area (Å²) < 4.78 is 5.73. The van der Waals surface area contributed by atoms with Crippen LogP contribution in [0.25, 0.3) is 0 Å². The van der Waals surface area contributed by atoms with Crippen LogP contribution in [0.3, 0.4) is 0 Å². The van der Waals surface area contributed by atoms with E-state index in [0.717, 1.165) is 18.7 Å². The van der Waals surface area contributed by atoms with Gasteiger partial charge >= 0.3 is 0 Å². The minimum atomic E-state index is 0.636. The van der Waals surface area contributed by atoms with Gasteiger partial charge < -0.3 is 10.1 Å². The minimum absolute atomic E-state index is 0.636. The third-order valence-electron chi connectivity index (χ3n) is 3.03. The van der Waals surface area contributed by atoms with Crippen LogP contribution in [-0.4, -0.2) is 6.54 Å². The van der Waals surface area contributed by atoms with Crippen LogP contribution in [0.5, 0.6) is 5.75 Å². The Morgan fingerprint density at radius 2 is 1.94 bits per heavy atom. The molecule has 2 heteroatoms. The standard InChI is InChI=1S/C15H15NO/c1-2-4-14(5-3-1)17-11-12-6-7-15-13(10-12)8-9-16-15/h1-7,10,16H,8-9,11H2. The van der Waals surface area contributed by atoms with Gasteiger partial charge in [0.25, 0.3) is 0 Å². The average molecular weight is 225 g/mol. The lowest BCUT2D eigenvalue weighted by atomic mass is 10.1. The fourth-order valence-electron chi connectivity index (χ4n) is 2.13. The van der Waals surface area contributed by atoms with E-state index in [9.17, 15) is 0 Å². The van der Waals surface area contributed by atoms with E-state index in [1.807, 2.05) is 30.3 Å². The van der Waals surface area contributed by atoms with Crippen molar-refractivity contribution in [3.63, 3.8) is 0 Å². The summed E-state index contributed by atoms with van der Waals surface area (Å²) in [5.41, 5.74) is 3.91. The van der Waals surface area contributed by atoms with Gasteiger partial charge in [0.1, 0.15) is 12.4 Å². The maximum absolute atomic E-state index is 5.73. The van der Waals surface area contributed by atoms with Crippen molar-refractivity contribution in [1.29, 1.82) is 0 Å². The highest BCUT2D eigenvalue weighted by atomic mass is 16.5. The van der Waals surface area contributed by atoms with Gasteiger partial charge in [-0.1, -0.05) is 30.3 Å². The van der Waals surface area contributed by atoms with E-state index in [1.165, 1.54) is 16.8 Å². The highest BCUT2D eigenvalue weighted by Gasteiger charge is 2.09. The lowest BCUT2D eigenvalue weighted by molar-refractivity contribution is 0.306. The largest absolute Gasteiger partial charge is 0.489 e. The minimum Gasteiger partial charge on any atom is -0.489 e. The summed E-state index contributed by atoms with van der Waals surface area (Å²) in [4.78, 5) is 0. The molecule has 0 unspecified atom stereocenters. The summed E-state index contributed by atoms with van der Waals surface area (Å²) in [6.45, 7) is 1.69. The summed E-state index contributed by atoms with van der Waals surface area (Å²) in [5.74, 6) is 0.922. The molecule has 86 valence electrons. The van der Waals surface area contributed by atoms with Crippen molar-refractivity contribution in [2.75, 3.05) is 11.9 Å². The molecule has 0 bridgehead atoms. The molecule has 0 fully saturated rings. The number of hydrogen-bond acceptors (Lipinski definition) is 2. The topological polar surface area (TPSA) is 21.3 Å². The molecule has 17 heavy (non-hydrogen) atoms. The highest BCUT2D eigenvalue weighted by molar-refractivity contribution is 5.56. The van der Waals surface area contributed by atoms with Gasteiger partial charge in [-0.15, -0.1) is 0 Å². The summed E-state index contributed by atoms with van der Waals surface area (Å²) in [6, 6.07) is 16.4. The van der Waals surface area contributed by atoms with Gasteiger partial charge in [0, 0.05) is 12.2 Å². The molecule has 0 aliphatic carbocycles. The van der Waals surface area contributed by atoms with E-state index in [-0.39, 0.29) is 0 Å². The molecule has 3 rings (SSSR count). The zero-order chi connectivity index (χ0) is 11.5. The molecule has 1 N–H and O–H groups in total. The third kappa shape index (κ3) is 2.26. The number of rotatable bonds is 3. The van der Waals surface area contributed by atoms with Crippen molar-refractivity contribution in [1.82, 2.24) is 0 Å². The third-order valence-corrected chi connectivity index (χ3v) is 3.03. The first-order chi connectivity index (χ1) is 8.42. The Balaban J connectivity index is 1.70.